The average molecular weight is 326 g/mol. The van der Waals surface area contributed by atoms with Crippen LogP contribution < -0.4 is 5.32 Å². The minimum absolute atomic E-state index is 0.149. The minimum atomic E-state index is -0.563. The van der Waals surface area contributed by atoms with E-state index in [0.29, 0.717) is 16.4 Å². The predicted molar refractivity (Wildman–Crippen MR) is 89.5 cm³/mol. The number of nitrogens with zero attached hydrogens (tertiary/aromatic N) is 1. The zero-order chi connectivity index (χ0) is 16.1. The number of nitrogens with one attached hydrogen (secondary N) is 1. The van der Waals surface area contributed by atoms with Crippen molar-refractivity contribution in [1.29, 1.82) is 0 Å². The van der Waals surface area contributed by atoms with Crippen LogP contribution in [-0.4, -0.2) is 16.2 Å². The van der Waals surface area contributed by atoms with E-state index in [9.17, 15) is 9.90 Å². The van der Waals surface area contributed by atoms with Gasteiger partial charge in [-0.3, -0.25) is 5.32 Å². The third kappa shape index (κ3) is 3.87. The van der Waals surface area contributed by atoms with E-state index < -0.39 is 6.09 Å². The molecule has 116 valence electrons. The molecule has 0 unspecified atom stereocenters. The summed E-state index contributed by atoms with van der Waals surface area (Å²) in [6.45, 7) is 0.199. The molecule has 1 heterocycles. The topological polar surface area (TPSA) is 71.5 Å². The van der Waals surface area contributed by atoms with Crippen molar-refractivity contribution >= 4 is 22.6 Å². The third-order valence-corrected chi connectivity index (χ3v) is 3.86. The number of amides is 1. The lowest BCUT2D eigenvalue weighted by atomic mass is 10.1. The van der Waals surface area contributed by atoms with Gasteiger partial charge in [-0.1, -0.05) is 42.5 Å². The van der Waals surface area contributed by atoms with Gasteiger partial charge in [-0.25, -0.2) is 9.78 Å². The van der Waals surface area contributed by atoms with E-state index in [1.807, 2.05) is 36.4 Å². The molecule has 1 aromatic heterocycles. The van der Waals surface area contributed by atoms with Crippen LogP contribution in [0.1, 0.15) is 5.56 Å². The third-order valence-electron chi connectivity index (χ3n) is 3.11. The van der Waals surface area contributed by atoms with Gasteiger partial charge in [0.05, 0.1) is 5.69 Å². The van der Waals surface area contributed by atoms with Gasteiger partial charge in [0, 0.05) is 10.9 Å². The Balaban J connectivity index is 1.61. The molecule has 0 aliphatic carbocycles. The van der Waals surface area contributed by atoms with Crippen LogP contribution in [0.25, 0.3) is 11.3 Å². The van der Waals surface area contributed by atoms with Crippen molar-refractivity contribution in [3.8, 4) is 17.0 Å². The van der Waals surface area contributed by atoms with Crippen molar-refractivity contribution in [2.75, 3.05) is 5.32 Å². The first-order valence-electron chi connectivity index (χ1n) is 6.94. The molecule has 0 radical (unpaired) electrons. The van der Waals surface area contributed by atoms with Crippen molar-refractivity contribution in [2.24, 2.45) is 0 Å². The van der Waals surface area contributed by atoms with Crippen LogP contribution >= 0.6 is 11.3 Å². The maximum atomic E-state index is 11.8. The minimum Gasteiger partial charge on any atom is -0.507 e. The largest absolute Gasteiger partial charge is 0.507 e. The van der Waals surface area contributed by atoms with Gasteiger partial charge in [-0.05, 0) is 17.7 Å². The summed E-state index contributed by atoms with van der Waals surface area (Å²) in [5.74, 6) is 0.149. The van der Waals surface area contributed by atoms with Gasteiger partial charge in [0.1, 0.15) is 12.4 Å². The van der Waals surface area contributed by atoms with E-state index in [1.165, 1.54) is 11.3 Å². The number of anilines is 1. The van der Waals surface area contributed by atoms with Crippen molar-refractivity contribution in [3.63, 3.8) is 0 Å². The van der Waals surface area contributed by atoms with Crippen LogP contribution in [0.4, 0.5) is 9.93 Å². The number of thiazole rings is 1. The number of phenols is 1. The number of rotatable bonds is 4. The molecule has 23 heavy (non-hydrogen) atoms. The summed E-state index contributed by atoms with van der Waals surface area (Å²) in [4.78, 5) is 16.1. The molecule has 0 spiro atoms. The van der Waals surface area contributed by atoms with E-state index in [-0.39, 0.29) is 12.4 Å². The number of para-hydroxylation sites is 1. The lowest BCUT2D eigenvalue weighted by molar-refractivity contribution is 0.155. The van der Waals surface area contributed by atoms with E-state index >= 15 is 0 Å². The van der Waals surface area contributed by atoms with Gasteiger partial charge in [0.15, 0.2) is 5.13 Å². The SMILES string of the molecule is O=C(Nc1nc(-c2ccccc2O)cs1)OCc1ccccc1. The van der Waals surface area contributed by atoms with Crippen LogP contribution in [0.15, 0.2) is 60.0 Å². The fourth-order valence-corrected chi connectivity index (χ4v) is 2.69. The fourth-order valence-electron chi connectivity index (χ4n) is 1.99. The van der Waals surface area contributed by atoms with Gasteiger partial charge in [-0.2, -0.15) is 0 Å². The van der Waals surface area contributed by atoms with Gasteiger partial charge in [0.2, 0.25) is 0 Å². The van der Waals surface area contributed by atoms with E-state index in [0.717, 1.165) is 5.56 Å². The molecular formula is C17H14N2O3S. The molecule has 5 nitrogen and oxygen atoms in total. The quantitative estimate of drug-likeness (QED) is 0.751. The highest BCUT2D eigenvalue weighted by atomic mass is 32.1. The molecule has 3 aromatic rings. The maximum absolute atomic E-state index is 11.8. The number of aromatic nitrogens is 1. The average Bonchev–Trinajstić information content (AvgIpc) is 3.02. The molecule has 0 atom stereocenters. The van der Waals surface area contributed by atoms with E-state index in [2.05, 4.69) is 10.3 Å². The Morgan fingerprint density at radius 2 is 1.87 bits per heavy atom. The summed E-state index contributed by atoms with van der Waals surface area (Å²) in [7, 11) is 0. The molecule has 6 heteroatoms. The van der Waals surface area contributed by atoms with Crippen LogP contribution in [0.2, 0.25) is 0 Å². The highest BCUT2D eigenvalue weighted by Gasteiger charge is 2.11. The predicted octanol–water partition coefficient (Wildman–Crippen LogP) is 4.26. The maximum Gasteiger partial charge on any atom is 0.413 e. The highest BCUT2D eigenvalue weighted by Crippen LogP contribution is 2.31. The summed E-state index contributed by atoms with van der Waals surface area (Å²) in [6.07, 6.45) is -0.563. The standard InChI is InChI=1S/C17H14N2O3S/c20-15-9-5-4-8-13(15)14-11-23-16(18-14)19-17(21)22-10-12-6-2-1-3-7-12/h1-9,11,20H,10H2,(H,18,19,21). The summed E-state index contributed by atoms with van der Waals surface area (Å²) in [5.41, 5.74) is 2.14. The second-order valence-corrected chi connectivity index (χ2v) is 5.60. The zero-order valence-corrected chi connectivity index (χ0v) is 12.9. The number of carbonyl (C=O) groups excluding carboxylic acids is 1. The van der Waals surface area contributed by atoms with Crippen LogP contribution in [0.5, 0.6) is 5.75 Å². The zero-order valence-electron chi connectivity index (χ0n) is 12.1. The number of hydrogen-bond donors (Lipinski definition) is 2. The molecule has 2 aromatic carbocycles. The molecule has 0 saturated heterocycles. The smallest absolute Gasteiger partial charge is 0.413 e. The Morgan fingerprint density at radius 3 is 2.65 bits per heavy atom. The fraction of sp³-hybridized carbons (Fsp3) is 0.0588. The summed E-state index contributed by atoms with van der Waals surface area (Å²) in [5, 5.41) is 14.6. The molecular weight excluding hydrogens is 312 g/mol. The van der Waals surface area contributed by atoms with Gasteiger partial charge < -0.3 is 9.84 Å². The van der Waals surface area contributed by atoms with E-state index in [4.69, 9.17) is 4.74 Å². The summed E-state index contributed by atoms with van der Waals surface area (Å²) >= 11 is 1.27. The normalized spacial score (nSPS) is 10.3. The molecule has 2 N–H and O–H groups in total. The first-order chi connectivity index (χ1) is 11.2. The Hall–Kier alpha value is -2.86. The van der Waals surface area contributed by atoms with Crippen molar-refractivity contribution < 1.29 is 14.6 Å². The number of phenolic OH excluding ortho intramolecular Hbond substituents is 1. The molecule has 0 bridgehead atoms. The lowest BCUT2D eigenvalue weighted by Gasteiger charge is -2.04. The van der Waals surface area contributed by atoms with Crippen molar-refractivity contribution in [3.05, 3.63) is 65.5 Å². The second-order valence-electron chi connectivity index (χ2n) is 4.74. The number of hydrogen-bond acceptors (Lipinski definition) is 5. The monoisotopic (exact) mass is 326 g/mol. The Bertz CT molecular complexity index is 802. The number of ether oxygens (including phenoxy) is 1. The summed E-state index contributed by atoms with van der Waals surface area (Å²) < 4.78 is 5.14. The van der Waals surface area contributed by atoms with E-state index in [1.54, 1.807) is 23.6 Å². The molecule has 0 fully saturated rings. The molecule has 0 aliphatic rings. The van der Waals surface area contributed by atoms with Crippen molar-refractivity contribution in [1.82, 2.24) is 4.98 Å². The van der Waals surface area contributed by atoms with Crippen LogP contribution in [0.3, 0.4) is 0 Å². The van der Waals surface area contributed by atoms with Crippen molar-refractivity contribution in [2.45, 2.75) is 6.61 Å². The van der Waals surface area contributed by atoms with Crippen LogP contribution in [-0.2, 0) is 11.3 Å². The van der Waals surface area contributed by atoms with Gasteiger partial charge >= 0.3 is 6.09 Å². The Labute approximate surface area is 137 Å². The highest BCUT2D eigenvalue weighted by molar-refractivity contribution is 7.14. The molecule has 0 aliphatic heterocycles. The second kappa shape index (κ2) is 6.93. The molecule has 3 rings (SSSR count). The van der Waals surface area contributed by atoms with Crippen LogP contribution in [0, 0.1) is 0 Å². The molecule has 0 saturated carbocycles. The number of benzene rings is 2. The molecule has 1 amide bonds. The Morgan fingerprint density at radius 1 is 1.13 bits per heavy atom. The number of carbonyl (C=O) groups is 1. The Kier molecular flexibility index (Phi) is 4.54. The number of aromatic hydroxyl groups is 1. The van der Waals surface area contributed by atoms with Gasteiger partial charge in [-0.15, -0.1) is 11.3 Å². The first kappa shape index (κ1) is 15.1. The summed E-state index contributed by atoms with van der Waals surface area (Å²) in [6, 6.07) is 16.4. The lowest BCUT2D eigenvalue weighted by Crippen LogP contribution is -2.13. The van der Waals surface area contributed by atoms with Gasteiger partial charge in [0.25, 0.3) is 0 Å². The first-order valence-corrected chi connectivity index (χ1v) is 7.82.